The third kappa shape index (κ3) is 1.48. The SMILES string of the molecule is C=[N+]=C1C=c2c(c3ccccc3c3ccccc23)=CC1. The summed E-state index contributed by atoms with van der Waals surface area (Å²) in [6.45, 7) is 3.66. The highest BCUT2D eigenvalue weighted by molar-refractivity contribution is 6.17. The molecule has 0 heterocycles. The molecular weight excluding hydrogens is 242 g/mol. The van der Waals surface area contributed by atoms with Crippen LogP contribution in [0, 0.1) is 0 Å². The van der Waals surface area contributed by atoms with E-state index in [2.05, 4.69) is 72.1 Å². The molecule has 0 aliphatic heterocycles. The predicted octanol–water partition coefficient (Wildman–Crippen LogP) is 2.17. The van der Waals surface area contributed by atoms with Crippen LogP contribution in [0.3, 0.4) is 0 Å². The van der Waals surface area contributed by atoms with Gasteiger partial charge in [0.05, 0.1) is 6.42 Å². The topological polar surface area (TPSA) is 14.1 Å². The Balaban J connectivity index is 2.41. The van der Waals surface area contributed by atoms with E-state index in [4.69, 9.17) is 0 Å². The van der Waals surface area contributed by atoms with Crippen molar-refractivity contribution in [3.63, 3.8) is 0 Å². The minimum Gasteiger partial charge on any atom is -0.105 e. The van der Waals surface area contributed by atoms with Crippen LogP contribution < -0.4 is 15.1 Å². The van der Waals surface area contributed by atoms with E-state index in [-0.39, 0.29) is 0 Å². The second kappa shape index (κ2) is 4.19. The van der Waals surface area contributed by atoms with Crippen molar-refractivity contribution in [2.45, 2.75) is 6.42 Å². The van der Waals surface area contributed by atoms with Crippen LogP contribution >= 0.6 is 0 Å². The molecule has 1 aliphatic carbocycles. The molecule has 0 bridgehead atoms. The van der Waals surface area contributed by atoms with Gasteiger partial charge < -0.3 is 0 Å². The van der Waals surface area contributed by atoms with Crippen LogP contribution in [0.5, 0.6) is 0 Å². The Morgan fingerprint density at radius 1 is 0.750 bits per heavy atom. The van der Waals surface area contributed by atoms with Gasteiger partial charge in [0.25, 0.3) is 6.72 Å². The maximum absolute atomic E-state index is 4.11. The number of fused-ring (bicyclic) bond motifs is 6. The number of hydrogen-bond acceptors (Lipinski definition) is 0. The fourth-order valence-electron chi connectivity index (χ4n) is 3.11. The molecular formula is C19H14N+. The monoisotopic (exact) mass is 256 g/mol. The fraction of sp³-hybridized carbons (Fsp3) is 0.0526. The summed E-state index contributed by atoms with van der Waals surface area (Å²) in [5.74, 6) is 0. The summed E-state index contributed by atoms with van der Waals surface area (Å²) in [7, 11) is 0. The van der Waals surface area contributed by atoms with Crippen molar-refractivity contribution in [2.24, 2.45) is 0 Å². The zero-order valence-corrected chi connectivity index (χ0v) is 11.1. The van der Waals surface area contributed by atoms with Crippen LogP contribution in [0.15, 0.2) is 48.5 Å². The van der Waals surface area contributed by atoms with E-state index in [0.29, 0.717) is 0 Å². The summed E-state index contributed by atoms with van der Waals surface area (Å²) in [6.07, 6.45) is 5.31. The quantitative estimate of drug-likeness (QED) is 0.332. The molecule has 0 saturated heterocycles. The second-order valence-electron chi connectivity index (χ2n) is 5.12. The highest BCUT2D eigenvalue weighted by atomic mass is 14.5. The predicted molar refractivity (Wildman–Crippen MR) is 88.5 cm³/mol. The molecule has 0 spiro atoms. The van der Waals surface area contributed by atoms with Crippen LogP contribution in [0.1, 0.15) is 6.42 Å². The Kier molecular flexibility index (Phi) is 2.35. The van der Waals surface area contributed by atoms with Gasteiger partial charge in [-0.3, -0.25) is 0 Å². The lowest BCUT2D eigenvalue weighted by molar-refractivity contribution is 1.48. The maximum Gasteiger partial charge on any atom is 0.307 e. The smallest absolute Gasteiger partial charge is 0.105 e. The van der Waals surface area contributed by atoms with Gasteiger partial charge in [0.15, 0.2) is 0 Å². The third-order valence-electron chi connectivity index (χ3n) is 4.04. The first kappa shape index (κ1) is 11.2. The van der Waals surface area contributed by atoms with Gasteiger partial charge in [-0.05, 0) is 32.0 Å². The van der Waals surface area contributed by atoms with E-state index in [1.165, 1.54) is 32.0 Å². The zero-order chi connectivity index (χ0) is 13.5. The van der Waals surface area contributed by atoms with E-state index in [1.54, 1.807) is 0 Å². The first-order valence-corrected chi connectivity index (χ1v) is 6.82. The molecule has 0 saturated carbocycles. The molecule has 0 radical (unpaired) electrons. The Hall–Kier alpha value is -2.63. The Morgan fingerprint density at radius 2 is 1.30 bits per heavy atom. The van der Waals surface area contributed by atoms with Crippen molar-refractivity contribution in [1.82, 2.24) is 4.67 Å². The first-order chi connectivity index (χ1) is 9.88. The molecule has 0 aromatic heterocycles. The van der Waals surface area contributed by atoms with E-state index in [9.17, 15) is 0 Å². The third-order valence-corrected chi connectivity index (χ3v) is 4.04. The van der Waals surface area contributed by atoms with Gasteiger partial charge in [0, 0.05) is 6.08 Å². The van der Waals surface area contributed by atoms with Gasteiger partial charge >= 0.3 is 5.71 Å². The van der Waals surface area contributed by atoms with Crippen LogP contribution in [-0.4, -0.2) is 12.4 Å². The van der Waals surface area contributed by atoms with Crippen molar-refractivity contribution >= 4 is 46.1 Å². The van der Waals surface area contributed by atoms with Gasteiger partial charge in [0.1, 0.15) is 0 Å². The lowest BCUT2D eigenvalue weighted by atomic mass is 9.94. The van der Waals surface area contributed by atoms with Crippen LogP contribution in [0.25, 0.3) is 33.7 Å². The maximum atomic E-state index is 4.11. The lowest BCUT2D eigenvalue weighted by Crippen LogP contribution is -2.31. The molecule has 4 rings (SSSR count). The normalized spacial score (nSPS) is 13.5. The largest absolute Gasteiger partial charge is 0.307 e. The summed E-state index contributed by atoms with van der Waals surface area (Å²) in [5.41, 5.74) is 1.04. The average Bonchev–Trinajstić information content (AvgIpc) is 2.54. The zero-order valence-electron chi connectivity index (χ0n) is 11.1. The fourth-order valence-corrected chi connectivity index (χ4v) is 3.11. The van der Waals surface area contributed by atoms with E-state index in [1.807, 2.05) is 0 Å². The molecule has 0 fully saturated rings. The molecule has 3 aromatic rings. The van der Waals surface area contributed by atoms with Gasteiger partial charge in [-0.2, -0.15) is 0 Å². The van der Waals surface area contributed by atoms with Crippen molar-refractivity contribution in [3.05, 3.63) is 59.0 Å². The summed E-state index contributed by atoms with van der Waals surface area (Å²) < 4.78 is 4.11. The number of nitrogens with zero attached hydrogens (tertiary/aromatic N) is 1. The second-order valence-corrected chi connectivity index (χ2v) is 5.12. The summed E-state index contributed by atoms with van der Waals surface area (Å²) in [5, 5.41) is 7.83. The van der Waals surface area contributed by atoms with Crippen LogP contribution in [0.2, 0.25) is 0 Å². The van der Waals surface area contributed by atoms with Crippen molar-refractivity contribution in [1.29, 1.82) is 0 Å². The summed E-state index contributed by atoms with van der Waals surface area (Å²) >= 11 is 0. The standard InChI is InChI=1S/C19H14N/c1-20-13-10-11-18-16-8-3-2-6-14(16)15-7-4-5-9-17(15)19(18)12-13/h2-9,11-12H,1,10H2/q+1. The highest BCUT2D eigenvalue weighted by Crippen LogP contribution is 2.20. The molecule has 1 heteroatoms. The van der Waals surface area contributed by atoms with E-state index in [0.717, 1.165) is 12.1 Å². The molecule has 94 valence electrons. The average molecular weight is 256 g/mol. The Bertz CT molecular complexity index is 1020. The van der Waals surface area contributed by atoms with Crippen molar-refractivity contribution < 1.29 is 0 Å². The molecule has 1 aliphatic rings. The van der Waals surface area contributed by atoms with E-state index < -0.39 is 0 Å². The summed E-state index contributed by atoms with van der Waals surface area (Å²) in [4.78, 5) is 0. The molecule has 0 unspecified atom stereocenters. The highest BCUT2D eigenvalue weighted by Gasteiger charge is 2.12. The molecule has 1 nitrogen and oxygen atoms in total. The molecule has 0 atom stereocenters. The first-order valence-electron chi connectivity index (χ1n) is 6.82. The minimum atomic E-state index is 0.860. The van der Waals surface area contributed by atoms with Gasteiger partial charge in [-0.25, -0.2) is 0 Å². The Morgan fingerprint density at radius 3 is 1.90 bits per heavy atom. The molecule has 20 heavy (non-hydrogen) atoms. The lowest BCUT2D eigenvalue weighted by Gasteiger charge is -2.08. The molecule has 0 N–H and O–H groups in total. The van der Waals surface area contributed by atoms with E-state index >= 15 is 0 Å². The summed E-state index contributed by atoms with van der Waals surface area (Å²) in [6, 6.07) is 17.2. The van der Waals surface area contributed by atoms with Gasteiger partial charge in [0.2, 0.25) is 0 Å². The van der Waals surface area contributed by atoms with Gasteiger partial charge in [-0.1, -0.05) is 54.6 Å². The van der Waals surface area contributed by atoms with Crippen LogP contribution in [0.4, 0.5) is 0 Å². The minimum absolute atomic E-state index is 0.860. The molecule has 3 aromatic carbocycles. The number of rotatable bonds is 0. The van der Waals surface area contributed by atoms with Crippen molar-refractivity contribution in [3.8, 4) is 0 Å². The number of benzene rings is 3. The molecule has 0 amide bonds. The van der Waals surface area contributed by atoms with Crippen LogP contribution in [-0.2, 0) is 0 Å². The Labute approximate surface area is 116 Å². The van der Waals surface area contributed by atoms with Gasteiger partial charge in [-0.15, -0.1) is 4.67 Å². The number of hydrogen-bond donors (Lipinski definition) is 0. The van der Waals surface area contributed by atoms with Crippen molar-refractivity contribution in [2.75, 3.05) is 0 Å².